The number of hydrogen-bond acceptors (Lipinski definition) is 17. The molecular weight excluding hydrogens is 870 g/mol. The number of fused-ring (bicyclic) bond motifs is 20. The van der Waals surface area contributed by atoms with E-state index in [1.54, 1.807) is 0 Å². The fourth-order valence-corrected chi connectivity index (χ4v) is 12.0. The second kappa shape index (κ2) is 20.3. The van der Waals surface area contributed by atoms with Gasteiger partial charge < -0.3 is 13.7 Å². The molecule has 8 atom stereocenters. The van der Waals surface area contributed by atoms with Crippen molar-refractivity contribution in [3.8, 4) is 0 Å². The van der Waals surface area contributed by atoms with Crippen molar-refractivity contribution in [2.45, 2.75) is 152 Å². The number of nitrogens with one attached hydrogen (secondary N) is 8. The molecule has 320 valence electrons. The van der Waals surface area contributed by atoms with E-state index in [2.05, 4.69) is 74.6 Å². The van der Waals surface area contributed by atoms with Crippen molar-refractivity contribution < 1.29 is 38.9 Å². The molecule has 9 aliphatic rings. The van der Waals surface area contributed by atoms with Gasteiger partial charge in [0.05, 0.1) is 49.3 Å². The van der Waals surface area contributed by atoms with Crippen LogP contribution in [0.1, 0.15) is 103 Å². The Hall–Kier alpha value is 0.812. The van der Waals surface area contributed by atoms with Crippen LogP contribution in [-0.4, -0.2) is 106 Å². The summed E-state index contributed by atoms with van der Waals surface area (Å²) in [4.78, 5) is 0. The molecule has 9 fully saturated rings. The van der Waals surface area contributed by atoms with Crippen molar-refractivity contribution in [1.29, 1.82) is 0 Å². The molecule has 8 N–H and O–H groups in total. The van der Waals surface area contributed by atoms with Gasteiger partial charge in [0.25, 0.3) is 0 Å². The summed E-state index contributed by atoms with van der Waals surface area (Å²) in [6, 6.07) is 0. The summed E-state index contributed by atoms with van der Waals surface area (Å²) in [7, 11) is -1.49. The predicted octanol–water partition coefficient (Wildman–Crippen LogP) is 1.28. The molecule has 5 saturated heterocycles. The first-order chi connectivity index (χ1) is 25.8. The minimum Gasteiger partial charge on any atom is -0.735 e. The van der Waals surface area contributed by atoms with E-state index in [0.29, 0.717) is 49.3 Å². The molecule has 0 radical (unpaired) electrons. The minimum absolute atomic E-state index is 0. The summed E-state index contributed by atoms with van der Waals surface area (Å²) in [6.45, 7) is 0. The molecule has 8 unspecified atom stereocenters. The number of rotatable bonds is 0. The van der Waals surface area contributed by atoms with Crippen molar-refractivity contribution in [3.63, 3.8) is 0 Å². The van der Waals surface area contributed by atoms with Crippen LogP contribution >= 0.6 is 32.0 Å². The van der Waals surface area contributed by atoms with E-state index in [0.717, 1.165) is 47.3 Å². The molecule has 9 rings (SSSR count). The van der Waals surface area contributed by atoms with E-state index in [1.807, 2.05) is 0 Å². The van der Waals surface area contributed by atoms with Gasteiger partial charge in [0.2, 0.25) is 0 Å². The molecule has 17 nitrogen and oxygen atoms in total. The molecule has 24 heteroatoms. The van der Waals surface area contributed by atoms with E-state index >= 15 is 0 Å². The average Bonchev–Trinajstić information content (AvgIpc) is 3.82. The molecule has 0 aromatic rings. The average molecular weight is 926 g/mol. The second-order valence-corrected chi connectivity index (χ2v) is 22.5. The molecule has 8 bridgehead atoms. The summed E-state index contributed by atoms with van der Waals surface area (Å²) < 4.78 is 79.6. The van der Waals surface area contributed by atoms with Gasteiger partial charge in [-0.3, -0.25) is 42.5 Å². The Morgan fingerprint density at radius 2 is 0.393 bits per heavy atom. The Labute approximate surface area is 356 Å². The van der Waals surface area contributed by atoms with E-state index in [-0.39, 0.29) is 17.4 Å². The van der Waals surface area contributed by atoms with Crippen LogP contribution < -0.4 is 42.5 Å². The summed E-state index contributed by atoms with van der Waals surface area (Å²) >= 11 is 0. The van der Waals surface area contributed by atoms with Gasteiger partial charge in [-0.15, -0.1) is 0 Å². The van der Waals surface area contributed by atoms with Gasteiger partial charge in [-0.25, -0.2) is 25.3 Å². The van der Waals surface area contributed by atoms with Crippen LogP contribution in [0.5, 0.6) is 0 Å². The quantitative estimate of drug-likeness (QED) is 0.0966. The zero-order chi connectivity index (χ0) is 39.7. The first-order valence-corrected chi connectivity index (χ1v) is 26.6. The zero-order valence-corrected chi connectivity index (χ0v) is 37.0. The Kier molecular flexibility index (Phi) is 17.4. The van der Waals surface area contributed by atoms with E-state index in [4.69, 9.17) is 38.9 Å². The van der Waals surface area contributed by atoms with E-state index < -0.39 is 28.0 Å². The van der Waals surface area contributed by atoms with Gasteiger partial charge in [0, 0.05) is 32.0 Å². The molecule has 4 aliphatic carbocycles. The fourth-order valence-electron chi connectivity index (χ4n) is 12.0. The summed E-state index contributed by atoms with van der Waals surface area (Å²) in [5.41, 5.74) is 0. The van der Waals surface area contributed by atoms with Gasteiger partial charge in [0.15, 0.2) is 28.0 Å². The largest absolute Gasteiger partial charge is 3.00 e. The van der Waals surface area contributed by atoms with Crippen LogP contribution in [0.15, 0.2) is 0 Å². The first kappa shape index (κ1) is 47.9. The molecule has 0 aromatic carbocycles. The topological polar surface area (TPSA) is 268 Å². The van der Waals surface area contributed by atoms with Gasteiger partial charge in [0.1, 0.15) is 0 Å². The van der Waals surface area contributed by atoms with Gasteiger partial charge in [-0.2, -0.15) is 0 Å². The van der Waals surface area contributed by atoms with Crippen molar-refractivity contribution in [1.82, 2.24) is 42.5 Å². The maximum atomic E-state index is 8.84. The predicted molar refractivity (Wildman–Crippen MR) is 210 cm³/mol. The van der Waals surface area contributed by atoms with Gasteiger partial charge in [-0.1, -0.05) is 51.4 Å². The first-order valence-electron chi connectivity index (χ1n) is 19.8. The van der Waals surface area contributed by atoms with Crippen molar-refractivity contribution in [2.24, 2.45) is 47.3 Å². The van der Waals surface area contributed by atoms with Crippen LogP contribution in [0.3, 0.4) is 0 Å². The third-order valence-corrected chi connectivity index (χ3v) is 13.8. The SMILES string of the molecule is C1CCC2C3NC(NC4NC(NC5NC(NC6NC(N3)C3CCCCC63)C3CCCCC53)C3CCCCC43)C2C1.O=S(=O)([O-])Cl.O=S(=O)([O-])Cl.O=S(=O)([O-])Cl.[Al+3]. The summed E-state index contributed by atoms with van der Waals surface area (Å²) in [5, 5.41) is 33.8. The Balaban J connectivity index is 0.000000324. The molecule has 0 amide bonds. The standard InChI is InChI=1S/C32H56N8.Al.3ClHO3S/c1-2-10-18-17(9-1)25-33-26(18)38-28-21-13-5-6-14-22(21)30(35-28)40-32-24-16-8-7-15-23(24)31(36-32)39-29-20-12-4-3-11-19(20)27(34-29)37-25;;3*1-5(2,3)4/h17-40H,1-16H2;;3*(H,2,3,4)/q;+3;;;/p-3. The van der Waals surface area contributed by atoms with Crippen molar-refractivity contribution in [3.05, 3.63) is 0 Å². The van der Waals surface area contributed by atoms with Gasteiger partial charge >= 0.3 is 17.4 Å². The smallest absolute Gasteiger partial charge is 0.735 e. The van der Waals surface area contributed by atoms with E-state index in [9.17, 15) is 0 Å². The molecule has 5 aliphatic heterocycles. The normalized spacial score (nSPS) is 44.2. The monoisotopic (exact) mass is 924 g/mol. The Morgan fingerprint density at radius 1 is 0.304 bits per heavy atom. The van der Waals surface area contributed by atoms with Crippen LogP contribution in [0.25, 0.3) is 0 Å². The van der Waals surface area contributed by atoms with Crippen LogP contribution in [0.2, 0.25) is 0 Å². The third-order valence-electron chi connectivity index (χ3n) is 13.8. The molecule has 56 heavy (non-hydrogen) atoms. The van der Waals surface area contributed by atoms with Crippen LogP contribution in [0.4, 0.5) is 0 Å². The fraction of sp³-hybridized carbons (Fsp3) is 1.00. The molecular formula is C32H56AlCl3N8O9S3. The maximum absolute atomic E-state index is 8.84. The van der Waals surface area contributed by atoms with Crippen molar-refractivity contribution >= 4 is 77.4 Å². The minimum atomic E-state index is -4.44. The van der Waals surface area contributed by atoms with E-state index in [1.165, 1.54) is 103 Å². The third kappa shape index (κ3) is 13.4. The maximum Gasteiger partial charge on any atom is 3.00 e. The van der Waals surface area contributed by atoms with Crippen LogP contribution in [-0.2, 0) is 28.0 Å². The second-order valence-electron chi connectivity index (χ2n) is 16.8. The summed E-state index contributed by atoms with van der Waals surface area (Å²) in [6.07, 6.45) is 25.6. The summed E-state index contributed by atoms with van der Waals surface area (Å²) in [5.74, 6) is 5.97. The Morgan fingerprint density at radius 3 is 0.482 bits per heavy atom. The molecule has 4 saturated carbocycles. The number of hydrogen-bond donors (Lipinski definition) is 8. The zero-order valence-electron chi connectivity index (χ0n) is 31.2. The molecule has 5 heterocycles. The number of halogens is 3. The Bertz CT molecular complexity index is 1330. The van der Waals surface area contributed by atoms with Crippen LogP contribution in [0, 0.1) is 47.3 Å². The molecule has 0 spiro atoms. The van der Waals surface area contributed by atoms with Crippen molar-refractivity contribution in [2.75, 3.05) is 0 Å². The van der Waals surface area contributed by atoms with Gasteiger partial charge in [-0.05, 0) is 98.7 Å². The molecule has 0 aromatic heterocycles.